The van der Waals surface area contributed by atoms with Gasteiger partial charge in [-0.15, -0.1) is 0 Å². The number of hydrogen-bond donors (Lipinski definition) is 1. The van der Waals surface area contributed by atoms with E-state index in [1.807, 2.05) is 38.1 Å². The smallest absolute Gasteiger partial charge is 0.238 e. The summed E-state index contributed by atoms with van der Waals surface area (Å²) in [6.07, 6.45) is 1.69. The Balaban J connectivity index is 2.48. The van der Waals surface area contributed by atoms with Gasteiger partial charge in [0.2, 0.25) is 5.91 Å². The van der Waals surface area contributed by atoms with Gasteiger partial charge < -0.3 is 10.1 Å². The van der Waals surface area contributed by atoms with Gasteiger partial charge in [-0.3, -0.25) is 9.69 Å². The fraction of sp³-hybridized carbons (Fsp3) is 0.400. The summed E-state index contributed by atoms with van der Waals surface area (Å²) in [5.41, 5.74) is 0.781. The molecule has 0 atom stereocenters. The molecule has 104 valence electrons. The summed E-state index contributed by atoms with van der Waals surface area (Å²) in [6, 6.07) is 7.32. The van der Waals surface area contributed by atoms with Gasteiger partial charge in [0.05, 0.1) is 6.54 Å². The zero-order chi connectivity index (χ0) is 14.1. The van der Waals surface area contributed by atoms with Gasteiger partial charge in [0.15, 0.2) is 0 Å². The normalized spacial score (nSPS) is 10.3. The molecule has 4 nitrogen and oxygen atoms in total. The quantitative estimate of drug-likeness (QED) is 0.732. The molecule has 0 bridgehead atoms. The highest BCUT2D eigenvalue weighted by atomic mass is 16.5. The van der Waals surface area contributed by atoms with Gasteiger partial charge in [-0.2, -0.15) is 0 Å². The third-order valence-corrected chi connectivity index (χ3v) is 2.77. The first-order valence-electron chi connectivity index (χ1n) is 6.55. The average Bonchev–Trinajstić information content (AvgIpc) is 2.44. The number of carbonyl (C=O) groups is 1. The van der Waals surface area contributed by atoms with Crippen LogP contribution in [0.2, 0.25) is 0 Å². The standard InChI is InChI=1S/C15H22N2O2/c1-4-11-19-14-9-7-13(8-10-14)16-15(18)12-17(5-2)6-3/h4,7-10H,1,5-6,11-12H2,2-3H3,(H,16,18). The van der Waals surface area contributed by atoms with Gasteiger partial charge >= 0.3 is 0 Å². The molecule has 0 aromatic heterocycles. The first-order valence-corrected chi connectivity index (χ1v) is 6.55. The third kappa shape index (κ3) is 5.57. The van der Waals surface area contributed by atoms with Crippen LogP contribution in [0.5, 0.6) is 5.75 Å². The lowest BCUT2D eigenvalue weighted by Gasteiger charge is -2.17. The summed E-state index contributed by atoms with van der Waals surface area (Å²) in [5, 5.41) is 2.87. The van der Waals surface area contributed by atoms with E-state index in [1.54, 1.807) is 6.08 Å². The number of anilines is 1. The summed E-state index contributed by atoms with van der Waals surface area (Å²) >= 11 is 0. The second-order valence-corrected chi connectivity index (χ2v) is 4.13. The van der Waals surface area contributed by atoms with Crippen molar-refractivity contribution in [1.29, 1.82) is 0 Å². The third-order valence-electron chi connectivity index (χ3n) is 2.77. The van der Waals surface area contributed by atoms with Crippen molar-refractivity contribution in [2.45, 2.75) is 13.8 Å². The van der Waals surface area contributed by atoms with Crippen LogP contribution in [0, 0.1) is 0 Å². The number of ether oxygens (including phenoxy) is 1. The molecule has 1 rings (SSSR count). The molecule has 0 saturated heterocycles. The molecular weight excluding hydrogens is 240 g/mol. The zero-order valence-corrected chi connectivity index (χ0v) is 11.7. The van der Waals surface area contributed by atoms with Crippen LogP contribution in [-0.4, -0.2) is 37.0 Å². The lowest BCUT2D eigenvalue weighted by Crippen LogP contribution is -2.32. The Morgan fingerprint density at radius 2 is 1.95 bits per heavy atom. The molecule has 1 aromatic rings. The lowest BCUT2D eigenvalue weighted by atomic mass is 10.3. The molecule has 19 heavy (non-hydrogen) atoms. The molecule has 0 fully saturated rings. The van der Waals surface area contributed by atoms with Gasteiger partial charge in [-0.05, 0) is 37.4 Å². The van der Waals surface area contributed by atoms with E-state index in [4.69, 9.17) is 4.74 Å². The molecule has 1 amide bonds. The van der Waals surface area contributed by atoms with E-state index < -0.39 is 0 Å². The van der Waals surface area contributed by atoms with Crippen LogP contribution < -0.4 is 10.1 Å². The van der Waals surface area contributed by atoms with Crippen LogP contribution in [0.3, 0.4) is 0 Å². The highest BCUT2D eigenvalue weighted by Crippen LogP contribution is 2.15. The number of nitrogens with zero attached hydrogens (tertiary/aromatic N) is 1. The molecule has 0 aliphatic carbocycles. The minimum absolute atomic E-state index is 0.00320. The minimum Gasteiger partial charge on any atom is -0.490 e. The van der Waals surface area contributed by atoms with Gasteiger partial charge in [0, 0.05) is 5.69 Å². The van der Waals surface area contributed by atoms with Gasteiger partial charge in [0.1, 0.15) is 12.4 Å². The fourth-order valence-corrected chi connectivity index (χ4v) is 1.64. The van der Waals surface area contributed by atoms with Crippen LogP contribution in [0.25, 0.3) is 0 Å². The second-order valence-electron chi connectivity index (χ2n) is 4.13. The molecule has 0 unspecified atom stereocenters. The van der Waals surface area contributed by atoms with Gasteiger partial charge in [0.25, 0.3) is 0 Å². The molecule has 0 aliphatic rings. The van der Waals surface area contributed by atoms with Crippen molar-refractivity contribution in [3.8, 4) is 5.75 Å². The Morgan fingerprint density at radius 3 is 2.47 bits per heavy atom. The Hall–Kier alpha value is -1.81. The van der Waals surface area contributed by atoms with Gasteiger partial charge in [-0.1, -0.05) is 26.5 Å². The fourth-order valence-electron chi connectivity index (χ4n) is 1.64. The Morgan fingerprint density at radius 1 is 1.32 bits per heavy atom. The van der Waals surface area contributed by atoms with Crippen molar-refractivity contribution < 1.29 is 9.53 Å². The number of carbonyl (C=O) groups excluding carboxylic acids is 1. The number of amides is 1. The topological polar surface area (TPSA) is 41.6 Å². The van der Waals surface area contributed by atoms with Gasteiger partial charge in [-0.25, -0.2) is 0 Å². The summed E-state index contributed by atoms with van der Waals surface area (Å²) < 4.78 is 5.38. The molecule has 0 heterocycles. The molecule has 0 spiro atoms. The number of nitrogens with one attached hydrogen (secondary N) is 1. The Kier molecular flexibility index (Phi) is 6.68. The molecule has 4 heteroatoms. The molecule has 0 aliphatic heterocycles. The van der Waals surface area contributed by atoms with E-state index in [9.17, 15) is 4.79 Å². The number of hydrogen-bond acceptors (Lipinski definition) is 3. The molecule has 0 radical (unpaired) electrons. The van der Waals surface area contributed by atoms with Crippen molar-refractivity contribution in [3.63, 3.8) is 0 Å². The van der Waals surface area contributed by atoms with Crippen molar-refractivity contribution >= 4 is 11.6 Å². The van der Waals surface area contributed by atoms with E-state index >= 15 is 0 Å². The monoisotopic (exact) mass is 262 g/mol. The van der Waals surface area contributed by atoms with Crippen molar-refractivity contribution in [1.82, 2.24) is 4.90 Å². The van der Waals surface area contributed by atoms with Crippen molar-refractivity contribution in [2.75, 3.05) is 31.6 Å². The van der Waals surface area contributed by atoms with E-state index in [2.05, 4.69) is 16.8 Å². The van der Waals surface area contributed by atoms with E-state index in [0.717, 1.165) is 24.5 Å². The number of benzene rings is 1. The first kappa shape index (κ1) is 15.2. The molecule has 1 N–H and O–H groups in total. The maximum absolute atomic E-state index is 11.8. The van der Waals surface area contributed by atoms with Crippen LogP contribution in [0.1, 0.15) is 13.8 Å². The van der Waals surface area contributed by atoms with Crippen LogP contribution in [0.4, 0.5) is 5.69 Å². The summed E-state index contributed by atoms with van der Waals surface area (Å²) in [4.78, 5) is 13.9. The number of rotatable bonds is 8. The summed E-state index contributed by atoms with van der Waals surface area (Å²) in [6.45, 7) is 10.3. The maximum atomic E-state index is 11.8. The Labute approximate surface area is 115 Å². The van der Waals surface area contributed by atoms with E-state index in [-0.39, 0.29) is 5.91 Å². The minimum atomic E-state index is 0.00320. The van der Waals surface area contributed by atoms with Crippen LogP contribution in [0.15, 0.2) is 36.9 Å². The molecule has 1 aromatic carbocycles. The SMILES string of the molecule is C=CCOc1ccc(NC(=O)CN(CC)CC)cc1. The average molecular weight is 262 g/mol. The van der Waals surface area contributed by atoms with Crippen molar-refractivity contribution in [3.05, 3.63) is 36.9 Å². The van der Waals surface area contributed by atoms with Crippen LogP contribution >= 0.6 is 0 Å². The summed E-state index contributed by atoms with van der Waals surface area (Å²) in [7, 11) is 0. The maximum Gasteiger partial charge on any atom is 0.238 e. The second kappa shape index (κ2) is 8.32. The lowest BCUT2D eigenvalue weighted by molar-refractivity contribution is -0.117. The number of likely N-dealkylation sites (N-methyl/N-ethyl adjacent to an activating group) is 1. The van der Waals surface area contributed by atoms with Crippen LogP contribution in [-0.2, 0) is 4.79 Å². The Bertz CT molecular complexity index is 397. The highest BCUT2D eigenvalue weighted by Gasteiger charge is 2.07. The van der Waals surface area contributed by atoms with E-state index in [0.29, 0.717) is 13.2 Å². The van der Waals surface area contributed by atoms with E-state index in [1.165, 1.54) is 0 Å². The largest absolute Gasteiger partial charge is 0.490 e. The zero-order valence-electron chi connectivity index (χ0n) is 11.7. The predicted molar refractivity (Wildman–Crippen MR) is 78.6 cm³/mol. The van der Waals surface area contributed by atoms with Crippen molar-refractivity contribution in [2.24, 2.45) is 0 Å². The predicted octanol–water partition coefficient (Wildman–Crippen LogP) is 2.53. The summed E-state index contributed by atoms with van der Waals surface area (Å²) in [5.74, 6) is 0.769. The highest BCUT2D eigenvalue weighted by molar-refractivity contribution is 5.92. The first-order chi connectivity index (χ1) is 9.19. The molecular formula is C15H22N2O2. The molecule has 0 saturated carbocycles.